The van der Waals surface area contributed by atoms with Gasteiger partial charge >= 0.3 is 12.0 Å². The first-order valence-corrected chi connectivity index (χ1v) is 12.9. The number of hydrogen-bond acceptors (Lipinski definition) is 6. The first kappa shape index (κ1) is 25.2. The van der Waals surface area contributed by atoms with Crippen LogP contribution in [0.5, 0.6) is 0 Å². The van der Waals surface area contributed by atoms with E-state index in [9.17, 15) is 22.8 Å². The Bertz CT molecular complexity index is 962. The highest BCUT2D eigenvalue weighted by Gasteiger charge is 2.32. The van der Waals surface area contributed by atoms with Gasteiger partial charge in [-0.3, -0.25) is 10.1 Å². The SMILES string of the molecule is C[C@@H]1C[C@@H](C)CN(S(=O)(=O)c2ccc(C(=O)O[C@H](C)C(=O)NC(=O)NC3CCCC3)cc2)C1. The number of hydrogen-bond donors (Lipinski definition) is 2. The molecule has 0 unspecified atom stereocenters. The molecule has 0 spiro atoms. The number of nitrogens with zero attached hydrogens (tertiary/aromatic N) is 1. The molecule has 1 aromatic carbocycles. The van der Waals surface area contributed by atoms with Crippen molar-refractivity contribution in [3.8, 4) is 0 Å². The number of carbonyl (C=O) groups excluding carboxylic acids is 3. The highest BCUT2D eigenvalue weighted by molar-refractivity contribution is 7.89. The van der Waals surface area contributed by atoms with E-state index in [0.717, 1.165) is 32.1 Å². The molecule has 1 heterocycles. The van der Waals surface area contributed by atoms with Crippen molar-refractivity contribution in [3.05, 3.63) is 29.8 Å². The van der Waals surface area contributed by atoms with Gasteiger partial charge in [-0.2, -0.15) is 4.31 Å². The average molecular weight is 480 g/mol. The Labute approximate surface area is 195 Å². The van der Waals surface area contributed by atoms with Gasteiger partial charge in [0, 0.05) is 19.1 Å². The molecule has 0 bridgehead atoms. The lowest BCUT2D eigenvalue weighted by Crippen LogP contribution is -2.47. The van der Waals surface area contributed by atoms with Gasteiger partial charge in [-0.25, -0.2) is 18.0 Å². The lowest BCUT2D eigenvalue weighted by Gasteiger charge is -2.34. The standard InChI is InChI=1S/C23H33N3O6S/c1-15-12-16(2)14-26(13-15)33(30,31)20-10-8-18(9-11-20)22(28)32-17(3)21(27)25-23(29)24-19-6-4-5-7-19/h8-11,15-17,19H,4-7,12-14H2,1-3H3,(H2,24,25,27,29)/t15-,16-,17-/m1/s1. The van der Waals surface area contributed by atoms with Crippen molar-refractivity contribution in [3.63, 3.8) is 0 Å². The number of piperidine rings is 1. The number of nitrogens with one attached hydrogen (secondary N) is 2. The van der Waals surface area contributed by atoms with Gasteiger partial charge in [0.25, 0.3) is 5.91 Å². The van der Waals surface area contributed by atoms with Gasteiger partial charge in [0.15, 0.2) is 6.10 Å². The van der Waals surface area contributed by atoms with Crippen LogP contribution in [0.3, 0.4) is 0 Å². The largest absolute Gasteiger partial charge is 0.449 e. The number of rotatable bonds is 6. The minimum atomic E-state index is -3.66. The van der Waals surface area contributed by atoms with E-state index in [-0.39, 0.29) is 28.3 Å². The fraction of sp³-hybridized carbons (Fsp3) is 0.609. The van der Waals surface area contributed by atoms with E-state index >= 15 is 0 Å². The molecule has 9 nitrogen and oxygen atoms in total. The van der Waals surface area contributed by atoms with Gasteiger partial charge in [0.05, 0.1) is 10.5 Å². The zero-order valence-electron chi connectivity index (χ0n) is 19.4. The molecular formula is C23H33N3O6S. The van der Waals surface area contributed by atoms with Crippen LogP contribution in [0.15, 0.2) is 29.2 Å². The molecule has 2 aliphatic rings. The molecule has 3 atom stereocenters. The van der Waals surface area contributed by atoms with Gasteiger partial charge < -0.3 is 10.1 Å². The van der Waals surface area contributed by atoms with Crippen LogP contribution < -0.4 is 10.6 Å². The summed E-state index contributed by atoms with van der Waals surface area (Å²) < 4.78 is 32.6. The number of sulfonamides is 1. The van der Waals surface area contributed by atoms with Gasteiger partial charge in [-0.1, -0.05) is 26.7 Å². The number of ether oxygens (including phenoxy) is 1. The van der Waals surface area contributed by atoms with E-state index in [2.05, 4.69) is 10.6 Å². The summed E-state index contributed by atoms with van der Waals surface area (Å²) >= 11 is 0. The van der Waals surface area contributed by atoms with Crippen molar-refractivity contribution in [1.82, 2.24) is 14.9 Å². The maximum absolute atomic E-state index is 13.0. The van der Waals surface area contributed by atoms with E-state index in [1.165, 1.54) is 35.5 Å². The van der Waals surface area contributed by atoms with E-state index < -0.39 is 34.0 Å². The minimum Gasteiger partial charge on any atom is -0.449 e. The molecule has 0 radical (unpaired) electrons. The molecule has 1 aliphatic carbocycles. The van der Waals surface area contributed by atoms with Gasteiger partial charge in [0.1, 0.15) is 0 Å². The Morgan fingerprint density at radius 2 is 1.61 bits per heavy atom. The Morgan fingerprint density at radius 1 is 1.03 bits per heavy atom. The summed E-state index contributed by atoms with van der Waals surface area (Å²) in [5, 5.41) is 4.91. The van der Waals surface area contributed by atoms with Crippen molar-refractivity contribution >= 4 is 27.9 Å². The van der Waals surface area contributed by atoms with Crippen LogP contribution in [0.1, 0.15) is 63.2 Å². The number of imide groups is 1. The zero-order chi connectivity index (χ0) is 24.2. The van der Waals surface area contributed by atoms with Crippen LogP contribution in [0.2, 0.25) is 0 Å². The normalized spacial score (nSPS) is 23.0. The van der Waals surface area contributed by atoms with Crippen molar-refractivity contribution < 1.29 is 27.5 Å². The number of amides is 3. The molecule has 0 aromatic heterocycles. The van der Waals surface area contributed by atoms with Crippen molar-refractivity contribution in [2.75, 3.05) is 13.1 Å². The maximum Gasteiger partial charge on any atom is 0.338 e. The molecule has 1 aliphatic heterocycles. The monoisotopic (exact) mass is 479 g/mol. The number of carbonyl (C=O) groups is 3. The fourth-order valence-electron chi connectivity index (χ4n) is 4.50. The Kier molecular flexibility index (Phi) is 8.12. The van der Waals surface area contributed by atoms with Gasteiger partial charge in [0.2, 0.25) is 10.0 Å². The summed E-state index contributed by atoms with van der Waals surface area (Å²) in [6.07, 6.45) is 3.66. The molecule has 33 heavy (non-hydrogen) atoms. The average Bonchev–Trinajstić information content (AvgIpc) is 3.25. The smallest absolute Gasteiger partial charge is 0.338 e. The Hall–Kier alpha value is -2.46. The molecule has 1 saturated carbocycles. The summed E-state index contributed by atoms with van der Waals surface area (Å²) in [5.74, 6) is -0.944. The summed E-state index contributed by atoms with van der Waals surface area (Å²) in [6, 6.07) is 4.92. The maximum atomic E-state index is 13.0. The van der Waals surface area contributed by atoms with Crippen LogP contribution >= 0.6 is 0 Å². The summed E-state index contributed by atoms with van der Waals surface area (Å²) in [4.78, 5) is 36.6. The third kappa shape index (κ3) is 6.54. The Balaban J connectivity index is 1.56. The van der Waals surface area contributed by atoms with Crippen molar-refractivity contribution in [2.45, 2.75) is 69.9 Å². The summed E-state index contributed by atoms with van der Waals surface area (Å²) in [6.45, 7) is 6.38. The highest BCUT2D eigenvalue weighted by atomic mass is 32.2. The molecule has 2 fully saturated rings. The van der Waals surface area contributed by atoms with Gasteiger partial charge in [-0.15, -0.1) is 0 Å². The molecule has 3 amide bonds. The van der Waals surface area contributed by atoms with E-state index in [0.29, 0.717) is 13.1 Å². The highest BCUT2D eigenvalue weighted by Crippen LogP contribution is 2.27. The first-order valence-electron chi connectivity index (χ1n) is 11.5. The molecule has 1 saturated heterocycles. The predicted octanol–water partition coefficient (Wildman–Crippen LogP) is 2.67. The zero-order valence-corrected chi connectivity index (χ0v) is 20.2. The third-order valence-corrected chi connectivity index (χ3v) is 7.99. The molecule has 1 aromatic rings. The third-order valence-electron chi connectivity index (χ3n) is 6.14. The molecule has 2 N–H and O–H groups in total. The van der Waals surface area contributed by atoms with E-state index in [1.54, 1.807) is 0 Å². The van der Waals surface area contributed by atoms with Crippen LogP contribution in [0, 0.1) is 11.8 Å². The molecule has 182 valence electrons. The van der Waals surface area contributed by atoms with Crippen LogP contribution in [0.25, 0.3) is 0 Å². The number of esters is 1. The summed E-state index contributed by atoms with van der Waals surface area (Å²) in [5.41, 5.74) is 0.115. The second kappa shape index (κ2) is 10.6. The van der Waals surface area contributed by atoms with E-state index in [1.807, 2.05) is 13.8 Å². The van der Waals surface area contributed by atoms with E-state index in [4.69, 9.17) is 4.74 Å². The second-order valence-electron chi connectivity index (χ2n) is 9.28. The first-order chi connectivity index (χ1) is 15.6. The lowest BCUT2D eigenvalue weighted by atomic mass is 9.94. The second-order valence-corrected chi connectivity index (χ2v) is 11.2. The summed E-state index contributed by atoms with van der Waals surface area (Å²) in [7, 11) is -3.66. The predicted molar refractivity (Wildman–Crippen MR) is 122 cm³/mol. The van der Waals surface area contributed by atoms with Crippen LogP contribution in [-0.2, 0) is 19.6 Å². The van der Waals surface area contributed by atoms with Gasteiger partial charge in [-0.05, 0) is 62.3 Å². The van der Waals surface area contributed by atoms with Crippen molar-refractivity contribution in [2.24, 2.45) is 11.8 Å². The molecule has 3 rings (SSSR count). The lowest BCUT2D eigenvalue weighted by molar-refractivity contribution is -0.127. The van der Waals surface area contributed by atoms with Crippen molar-refractivity contribution in [1.29, 1.82) is 0 Å². The quantitative estimate of drug-likeness (QED) is 0.605. The minimum absolute atomic E-state index is 0.0572. The topological polar surface area (TPSA) is 122 Å². The number of benzene rings is 1. The number of urea groups is 1. The molecular weight excluding hydrogens is 446 g/mol. The van der Waals surface area contributed by atoms with Crippen LogP contribution in [0.4, 0.5) is 4.79 Å². The van der Waals surface area contributed by atoms with Crippen LogP contribution in [-0.4, -0.2) is 55.9 Å². The molecule has 10 heteroatoms. The Morgan fingerprint density at radius 3 is 2.18 bits per heavy atom. The fourth-order valence-corrected chi connectivity index (χ4v) is 6.18.